The molecule has 0 atom stereocenters. The molecule has 3 rings (SSSR count). The molecular formula is C13H11ClFN3O3. The summed E-state index contributed by atoms with van der Waals surface area (Å²) in [4.78, 5) is 15.9. The fourth-order valence-corrected chi connectivity index (χ4v) is 2.09. The first kappa shape index (κ1) is 13.8. The van der Waals surface area contributed by atoms with Gasteiger partial charge in [0, 0.05) is 5.41 Å². The zero-order valence-corrected chi connectivity index (χ0v) is 12.2. The molecule has 0 radical (unpaired) electrons. The Balaban J connectivity index is 2.34. The number of halogens is 2. The average Bonchev–Trinajstić information content (AvgIpc) is 2.96. The fourth-order valence-electron chi connectivity index (χ4n) is 1.86. The van der Waals surface area contributed by atoms with Crippen molar-refractivity contribution >= 4 is 22.7 Å². The summed E-state index contributed by atoms with van der Waals surface area (Å²) < 4.78 is 25.3. The van der Waals surface area contributed by atoms with Gasteiger partial charge in [-0.15, -0.1) is 5.10 Å². The zero-order chi connectivity index (χ0) is 15.4. The number of nitrogens with zero attached hydrogens (tertiary/aromatic N) is 3. The van der Waals surface area contributed by atoms with E-state index in [2.05, 4.69) is 10.1 Å². The Kier molecular flexibility index (Phi) is 2.91. The normalized spacial score (nSPS) is 12.2. The molecule has 21 heavy (non-hydrogen) atoms. The van der Waals surface area contributed by atoms with Crippen molar-refractivity contribution in [1.29, 1.82) is 0 Å². The third kappa shape index (κ3) is 2.13. The van der Waals surface area contributed by atoms with E-state index in [-0.39, 0.29) is 27.7 Å². The second-order valence-electron chi connectivity index (χ2n) is 5.55. The van der Waals surface area contributed by atoms with Gasteiger partial charge in [0.2, 0.25) is 5.89 Å². The van der Waals surface area contributed by atoms with E-state index in [1.807, 2.05) is 20.8 Å². The molecule has 0 spiro atoms. The number of aromatic nitrogens is 3. The number of hydrogen-bond acceptors (Lipinski definition) is 5. The second kappa shape index (κ2) is 4.42. The Morgan fingerprint density at radius 3 is 2.71 bits per heavy atom. The van der Waals surface area contributed by atoms with Crippen LogP contribution in [0.1, 0.15) is 26.7 Å². The van der Waals surface area contributed by atoms with Gasteiger partial charge < -0.3 is 8.83 Å². The van der Waals surface area contributed by atoms with Gasteiger partial charge in [-0.1, -0.05) is 32.4 Å². The van der Waals surface area contributed by atoms with Crippen molar-refractivity contribution < 1.29 is 13.2 Å². The smallest absolute Gasteiger partial charge is 0.441 e. The van der Waals surface area contributed by atoms with Crippen LogP contribution in [0.15, 0.2) is 26.1 Å². The SMILES string of the molecule is CC(C)(C)c1nn(-c2c(F)cc(Cl)c3ncoc23)c(=O)o1. The van der Waals surface area contributed by atoms with E-state index in [0.29, 0.717) is 0 Å². The summed E-state index contributed by atoms with van der Waals surface area (Å²) in [5.41, 5.74) is -0.374. The standard InChI is InChI=1S/C13H11ClFN3O3/c1-13(2,3)11-17-18(12(19)21-11)9-7(15)4-6(14)8-10(9)20-5-16-8/h4-5H,1-3H3. The Bertz CT molecular complexity index is 888. The maximum absolute atomic E-state index is 14.2. The van der Waals surface area contributed by atoms with Crippen molar-refractivity contribution in [3.05, 3.63) is 39.7 Å². The summed E-state index contributed by atoms with van der Waals surface area (Å²) in [7, 11) is 0. The molecule has 0 amide bonds. The lowest BCUT2D eigenvalue weighted by atomic mass is 9.97. The zero-order valence-electron chi connectivity index (χ0n) is 11.5. The highest BCUT2D eigenvalue weighted by Crippen LogP contribution is 2.30. The Morgan fingerprint density at radius 1 is 1.38 bits per heavy atom. The third-order valence-electron chi connectivity index (χ3n) is 2.89. The van der Waals surface area contributed by atoms with Crippen LogP contribution < -0.4 is 5.76 Å². The Hall–Kier alpha value is -2.15. The number of benzene rings is 1. The molecule has 0 aliphatic rings. The number of rotatable bonds is 1. The average molecular weight is 312 g/mol. The number of hydrogen-bond donors (Lipinski definition) is 0. The molecule has 6 nitrogen and oxygen atoms in total. The van der Waals surface area contributed by atoms with Crippen molar-refractivity contribution in [2.75, 3.05) is 0 Å². The van der Waals surface area contributed by atoms with Gasteiger partial charge >= 0.3 is 5.76 Å². The van der Waals surface area contributed by atoms with Gasteiger partial charge in [-0.2, -0.15) is 4.68 Å². The van der Waals surface area contributed by atoms with E-state index in [1.54, 1.807) is 0 Å². The van der Waals surface area contributed by atoms with E-state index in [1.165, 1.54) is 0 Å². The van der Waals surface area contributed by atoms with Gasteiger partial charge in [0.1, 0.15) is 5.52 Å². The highest BCUT2D eigenvalue weighted by atomic mass is 35.5. The highest BCUT2D eigenvalue weighted by molar-refractivity contribution is 6.35. The van der Waals surface area contributed by atoms with E-state index < -0.39 is 17.0 Å². The molecule has 0 N–H and O–H groups in total. The van der Waals surface area contributed by atoms with Gasteiger partial charge in [-0.25, -0.2) is 14.2 Å². The third-order valence-corrected chi connectivity index (χ3v) is 3.18. The van der Waals surface area contributed by atoms with Crippen LogP contribution in [0.3, 0.4) is 0 Å². The van der Waals surface area contributed by atoms with Gasteiger partial charge in [-0.3, -0.25) is 0 Å². The summed E-state index contributed by atoms with van der Waals surface area (Å²) in [5.74, 6) is -1.37. The van der Waals surface area contributed by atoms with Crippen molar-refractivity contribution in [2.45, 2.75) is 26.2 Å². The summed E-state index contributed by atoms with van der Waals surface area (Å²) in [6, 6.07) is 1.06. The van der Waals surface area contributed by atoms with Gasteiger partial charge in [0.25, 0.3) is 0 Å². The topological polar surface area (TPSA) is 74.1 Å². The molecule has 0 saturated carbocycles. The molecule has 2 aromatic heterocycles. The van der Waals surface area contributed by atoms with Gasteiger partial charge in [0.05, 0.1) is 5.02 Å². The predicted octanol–water partition coefficient (Wildman–Crippen LogP) is 3.06. The molecule has 110 valence electrons. The Morgan fingerprint density at radius 2 is 2.10 bits per heavy atom. The minimum Gasteiger partial charge on any atom is -0.441 e. The molecule has 3 aromatic rings. The maximum Gasteiger partial charge on any atom is 0.442 e. The first-order valence-corrected chi connectivity index (χ1v) is 6.49. The summed E-state index contributed by atoms with van der Waals surface area (Å²) >= 11 is 5.89. The molecule has 8 heteroatoms. The van der Waals surface area contributed by atoms with Gasteiger partial charge in [0.15, 0.2) is 23.5 Å². The van der Waals surface area contributed by atoms with Crippen molar-refractivity contribution in [1.82, 2.24) is 14.8 Å². The molecule has 0 fully saturated rings. The Labute approximate surface area is 123 Å². The monoisotopic (exact) mass is 311 g/mol. The lowest BCUT2D eigenvalue weighted by Gasteiger charge is -2.10. The molecule has 0 aliphatic carbocycles. The van der Waals surface area contributed by atoms with Crippen LogP contribution in [0.2, 0.25) is 5.02 Å². The molecule has 0 aliphatic heterocycles. The van der Waals surface area contributed by atoms with Crippen LogP contribution in [0, 0.1) is 5.82 Å². The summed E-state index contributed by atoms with van der Waals surface area (Å²) in [6.45, 7) is 5.47. The number of fused-ring (bicyclic) bond motifs is 1. The van der Waals surface area contributed by atoms with Crippen LogP contribution in [0.4, 0.5) is 4.39 Å². The van der Waals surface area contributed by atoms with Crippen molar-refractivity contribution in [3.63, 3.8) is 0 Å². The van der Waals surface area contributed by atoms with E-state index in [4.69, 9.17) is 20.4 Å². The van der Waals surface area contributed by atoms with Gasteiger partial charge in [-0.05, 0) is 6.07 Å². The lowest BCUT2D eigenvalue weighted by Crippen LogP contribution is -2.16. The fraction of sp³-hybridized carbons (Fsp3) is 0.308. The molecule has 2 heterocycles. The molecule has 0 bridgehead atoms. The molecule has 0 unspecified atom stereocenters. The lowest BCUT2D eigenvalue weighted by molar-refractivity contribution is 0.375. The summed E-state index contributed by atoms with van der Waals surface area (Å²) in [6.07, 6.45) is 1.12. The van der Waals surface area contributed by atoms with Crippen LogP contribution >= 0.6 is 11.6 Å². The maximum atomic E-state index is 14.2. The first-order chi connectivity index (χ1) is 9.79. The minimum absolute atomic E-state index is 0.0378. The van der Waals surface area contributed by atoms with E-state index >= 15 is 0 Å². The highest BCUT2D eigenvalue weighted by Gasteiger charge is 2.26. The van der Waals surface area contributed by atoms with E-state index in [9.17, 15) is 9.18 Å². The predicted molar refractivity (Wildman–Crippen MR) is 73.3 cm³/mol. The largest absolute Gasteiger partial charge is 0.442 e. The van der Waals surface area contributed by atoms with Crippen molar-refractivity contribution in [3.8, 4) is 5.69 Å². The van der Waals surface area contributed by atoms with Crippen molar-refractivity contribution in [2.24, 2.45) is 0 Å². The van der Waals surface area contributed by atoms with Crippen LogP contribution in [0.5, 0.6) is 0 Å². The van der Waals surface area contributed by atoms with E-state index in [0.717, 1.165) is 17.1 Å². The number of oxazole rings is 1. The quantitative estimate of drug-likeness (QED) is 0.690. The molecule has 0 saturated heterocycles. The molecule has 1 aromatic carbocycles. The minimum atomic E-state index is -0.807. The van der Waals surface area contributed by atoms with Crippen LogP contribution in [0.25, 0.3) is 16.8 Å². The summed E-state index contributed by atoms with van der Waals surface area (Å²) in [5, 5.41) is 4.13. The first-order valence-electron chi connectivity index (χ1n) is 6.11. The molecular weight excluding hydrogens is 301 g/mol. The second-order valence-corrected chi connectivity index (χ2v) is 5.96. The van der Waals surface area contributed by atoms with Crippen LogP contribution in [-0.4, -0.2) is 14.8 Å². The van der Waals surface area contributed by atoms with Crippen LogP contribution in [-0.2, 0) is 5.41 Å².